The Morgan fingerprint density at radius 2 is 1.89 bits per heavy atom. The van der Waals surface area contributed by atoms with Crippen LogP contribution in [0.5, 0.6) is 0 Å². The highest BCUT2D eigenvalue weighted by molar-refractivity contribution is 5.83. The molecule has 0 aromatic heterocycles. The fourth-order valence-corrected chi connectivity index (χ4v) is 3.24. The minimum atomic E-state index is -0.578. The number of carbonyl (C=O) groups excluding carboxylic acids is 2. The minimum Gasteiger partial charge on any atom is -0.469 e. The SMILES string of the molecule is COC(=O)C12CN(C(=O)OC(C)(C)C)C(CN)(C1)C2. The molecule has 3 fully saturated rings. The Kier molecular flexibility index (Phi) is 3.04. The van der Waals surface area contributed by atoms with Crippen molar-refractivity contribution < 1.29 is 19.1 Å². The lowest BCUT2D eigenvalue weighted by Crippen LogP contribution is -2.58. The van der Waals surface area contributed by atoms with Gasteiger partial charge in [-0.05, 0) is 33.6 Å². The number of nitrogens with zero attached hydrogens (tertiary/aromatic N) is 1. The molecule has 1 aliphatic carbocycles. The van der Waals surface area contributed by atoms with Crippen molar-refractivity contribution in [1.29, 1.82) is 0 Å². The zero-order valence-corrected chi connectivity index (χ0v) is 12.0. The summed E-state index contributed by atoms with van der Waals surface area (Å²) >= 11 is 0. The molecule has 0 aromatic carbocycles. The molecule has 0 radical (unpaired) electrons. The molecule has 0 atom stereocenters. The Hall–Kier alpha value is -1.30. The lowest BCUT2D eigenvalue weighted by Gasteiger charge is -2.45. The third-order valence-electron chi connectivity index (χ3n) is 3.98. The first-order chi connectivity index (χ1) is 8.68. The molecule has 0 unspecified atom stereocenters. The van der Waals surface area contributed by atoms with Gasteiger partial charge in [0.05, 0.1) is 18.1 Å². The van der Waals surface area contributed by atoms with E-state index < -0.39 is 22.6 Å². The number of hydrogen-bond acceptors (Lipinski definition) is 5. The summed E-state index contributed by atoms with van der Waals surface area (Å²) in [4.78, 5) is 25.7. The number of amides is 1. The number of methoxy groups -OCH3 is 1. The van der Waals surface area contributed by atoms with E-state index in [9.17, 15) is 9.59 Å². The van der Waals surface area contributed by atoms with Crippen molar-refractivity contribution in [1.82, 2.24) is 4.90 Å². The van der Waals surface area contributed by atoms with Gasteiger partial charge in [-0.3, -0.25) is 4.79 Å². The van der Waals surface area contributed by atoms with Crippen molar-refractivity contribution in [2.45, 2.75) is 44.8 Å². The van der Waals surface area contributed by atoms with Gasteiger partial charge in [-0.25, -0.2) is 4.79 Å². The molecule has 1 saturated carbocycles. The van der Waals surface area contributed by atoms with Gasteiger partial charge in [0.2, 0.25) is 0 Å². The quantitative estimate of drug-likeness (QED) is 0.753. The summed E-state index contributed by atoms with van der Waals surface area (Å²) in [7, 11) is 1.37. The predicted octanol–water partition coefficient (Wildman–Crippen LogP) is 0.888. The highest BCUT2D eigenvalue weighted by Gasteiger charge is 2.70. The first kappa shape index (κ1) is 14.1. The molecule has 108 valence electrons. The maximum Gasteiger partial charge on any atom is 0.410 e. The van der Waals surface area contributed by atoms with Crippen LogP contribution < -0.4 is 5.73 Å². The number of nitrogens with two attached hydrogens (primary N) is 1. The van der Waals surface area contributed by atoms with E-state index in [-0.39, 0.29) is 5.97 Å². The van der Waals surface area contributed by atoms with Gasteiger partial charge in [0.25, 0.3) is 0 Å². The summed E-state index contributed by atoms with van der Waals surface area (Å²) in [6.07, 6.45) is 0.742. The molecule has 3 rings (SSSR count). The fraction of sp³-hybridized carbons (Fsp3) is 0.846. The van der Waals surface area contributed by atoms with Crippen molar-refractivity contribution in [3.05, 3.63) is 0 Å². The standard InChI is InChI=1S/C13H22N2O4/c1-11(2,3)19-10(17)15-8-12(9(16)18-4)5-13(15,6-12)7-14/h5-8,14H2,1-4H3. The van der Waals surface area contributed by atoms with Gasteiger partial charge in [0.1, 0.15) is 5.60 Å². The zero-order valence-electron chi connectivity index (χ0n) is 12.0. The van der Waals surface area contributed by atoms with E-state index in [0.29, 0.717) is 25.9 Å². The van der Waals surface area contributed by atoms with Crippen LogP contribution in [-0.4, -0.2) is 48.3 Å². The monoisotopic (exact) mass is 270 g/mol. The second-order valence-corrected chi connectivity index (χ2v) is 6.62. The Morgan fingerprint density at radius 1 is 1.32 bits per heavy atom. The van der Waals surface area contributed by atoms with Gasteiger partial charge in [0.15, 0.2) is 0 Å². The molecule has 2 saturated heterocycles. The summed E-state index contributed by atoms with van der Waals surface area (Å²) in [6, 6.07) is 0. The summed E-state index contributed by atoms with van der Waals surface area (Å²) in [5, 5.41) is 0. The average Bonchev–Trinajstić information content (AvgIpc) is 2.76. The molecule has 1 amide bonds. The van der Waals surface area contributed by atoms with E-state index in [4.69, 9.17) is 15.2 Å². The van der Waals surface area contributed by atoms with Gasteiger partial charge in [-0.1, -0.05) is 0 Å². The third-order valence-corrected chi connectivity index (χ3v) is 3.98. The van der Waals surface area contributed by atoms with Crippen LogP contribution in [0, 0.1) is 5.41 Å². The number of hydrogen-bond donors (Lipinski definition) is 1. The molecule has 19 heavy (non-hydrogen) atoms. The fourth-order valence-electron chi connectivity index (χ4n) is 3.24. The largest absolute Gasteiger partial charge is 0.469 e. The lowest BCUT2D eigenvalue weighted by molar-refractivity contribution is -0.157. The molecule has 2 aliphatic heterocycles. The second-order valence-electron chi connectivity index (χ2n) is 6.62. The first-order valence-corrected chi connectivity index (χ1v) is 6.47. The number of rotatable bonds is 2. The van der Waals surface area contributed by atoms with E-state index in [0.717, 1.165) is 0 Å². The van der Waals surface area contributed by atoms with E-state index in [1.807, 2.05) is 20.8 Å². The van der Waals surface area contributed by atoms with Crippen LogP contribution >= 0.6 is 0 Å². The summed E-state index contributed by atoms with van der Waals surface area (Å²) in [5.41, 5.74) is 4.23. The zero-order chi connectivity index (χ0) is 14.5. The Balaban J connectivity index is 2.15. The molecule has 0 aromatic rings. The lowest BCUT2D eigenvalue weighted by atomic mass is 9.62. The van der Waals surface area contributed by atoms with E-state index in [1.165, 1.54) is 7.11 Å². The molecule has 2 bridgehead atoms. The van der Waals surface area contributed by atoms with Crippen LogP contribution in [0.4, 0.5) is 4.79 Å². The van der Waals surface area contributed by atoms with E-state index in [2.05, 4.69) is 0 Å². The number of fused-ring (bicyclic) bond motifs is 1. The van der Waals surface area contributed by atoms with Crippen molar-refractivity contribution in [2.75, 3.05) is 20.2 Å². The van der Waals surface area contributed by atoms with Crippen molar-refractivity contribution in [2.24, 2.45) is 11.1 Å². The molecule has 6 heteroatoms. The maximum absolute atomic E-state index is 12.2. The highest BCUT2D eigenvalue weighted by Crippen LogP contribution is 2.59. The Morgan fingerprint density at radius 3 is 2.32 bits per heavy atom. The molecule has 6 nitrogen and oxygen atoms in total. The molecular weight excluding hydrogens is 248 g/mol. The first-order valence-electron chi connectivity index (χ1n) is 6.47. The molecular formula is C13H22N2O4. The topological polar surface area (TPSA) is 81.9 Å². The maximum atomic E-state index is 12.2. The van der Waals surface area contributed by atoms with Crippen LogP contribution in [0.25, 0.3) is 0 Å². The van der Waals surface area contributed by atoms with Crippen LogP contribution in [-0.2, 0) is 14.3 Å². The van der Waals surface area contributed by atoms with Crippen LogP contribution in [0.15, 0.2) is 0 Å². The second kappa shape index (κ2) is 4.10. The van der Waals surface area contributed by atoms with Gasteiger partial charge >= 0.3 is 12.1 Å². The molecule has 2 heterocycles. The van der Waals surface area contributed by atoms with Crippen molar-refractivity contribution in [3.63, 3.8) is 0 Å². The number of carbonyl (C=O) groups is 2. The smallest absolute Gasteiger partial charge is 0.410 e. The Labute approximate surface area is 113 Å². The predicted molar refractivity (Wildman–Crippen MR) is 68.4 cm³/mol. The van der Waals surface area contributed by atoms with Crippen LogP contribution in [0.2, 0.25) is 0 Å². The minimum absolute atomic E-state index is 0.261. The summed E-state index contributed by atoms with van der Waals surface area (Å²) < 4.78 is 10.2. The van der Waals surface area contributed by atoms with Crippen LogP contribution in [0.3, 0.4) is 0 Å². The van der Waals surface area contributed by atoms with Gasteiger partial charge in [0, 0.05) is 13.1 Å². The highest BCUT2D eigenvalue weighted by atomic mass is 16.6. The third kappa shape index (κ3) is 2.08. The van der Waals surface area contributed by atoms with Crippen molar-refractivity contribution in [3.8, 4) is 0 Å². The molecule has 2 N–H and O–H groups in total. The van der Waals surface area contributed by atoms with Gasteiger partial charge in [-0.15, -0.1) is 0 Å². The summed E-state index contributed by atoms with van der Waals surface area (Å²) in [5.74, 6) is -0.261. The van der Waals surface area contributed by atoms with E-state index in [1.54, 1.807) is 4.90 Å². The van der Waals surface area contributed by atoms with E-state index >= 15 is 0 Å². The number of esters is 1. The summed E-state index contributed by atoms with van der Waals surface area (Å²) in [6.45, 7) is 6.13. The normalized spacial score (nSPS) is 32.8. The van der Waals surface area contributed by atoms with Gasteiger partial charge in [-0.2, -0.15) is 0 Å². The average molecular weight is 270 g/mol. The Bertz CT molecular complexity index is 407. The molecule has 0 spiro atoms. The van der Waals surface area contributed by atoms with Crippen LogP contribution in [0.1, 0.15) is 33.6 Å². The number of ether oxygens (including phenoxy) is 2. The van der Waals surface area contributed by atoms with Gasteiger partial charge < -0.3 is 20.1 Å². The van der Waals surface area contributed by atoms with Crippen molar-refractivity contribution >= 4 is 12.1 Å². The molecule has 3 aliphatic rings.